The summed E-state index contributed by atoms with van der Waals surface area (Å²) in [6.07, 6.45) is -2.20. The Hall–Kier alpha value is -2.65. The van der Waals surface area contributed by atoms with Crippen molar-refractivity contribution in [3.63, 3.8) is 0 Å². The lowest BCUT2D eigenvalue weighted by atomic mass is 9.75. The number of amides is 1. The van der Waals surface area contributed by atoms with E-state index in [0.29, 0.717) is 18.4 Å². The highest BCUT2D eigenvalue weighted by Gasteiger charge is 2.40. The van der Waals surface area contributed by atoms with E-state index in [1.165, 1.54) is 30.7 Å². The first-order valence-electron chi connectivity index (χ1n) is 12.7. The zero-order valence-electron chi connectivity index (χ0n) is 20.2. The Morgan fingerprint density at radius 2 is 1.64 bits per heavy atom. The number of fused-ring (bicyclic) bond motifs is 3. The summed E-state index contributed by atoms with van der Waals surface area (Å²) in [4.78, 5) is 19.8. The molecule has 0 radical (unpaired) electrons. The standard InChI is InChI=1S/C27H32F4N4O/c28-23-5-7-24(8-6-23)34-13-11-33(12-14-34)17-21-18-35-10-9-20(21)15-25(35)16-32-26(36)19-1-3-22(4-2-19)27(29,30)31/h1-8,20-21,25H,9-18H2,(H,32,36)/t20-,21+,25-/m1/s1. The smallest absolute Gasteiger partial charge is 0.369 e. The third-order valence-corrected chi connectivity index (χ3v) is 8.04. The lowest BCUT2D eigenvalue weighted by molar-refractivity contribution is -0.137. The molecule has 2 aromatic rings. The van der Waals surface area contributed by atoms with Crippen molar-refractivity contribution in [2.75, 3.05) is 57.3 Å². The number of alkyl halides is 3. The summed E-state index contributed by atoms with van der Waals surface area (Å²) in [5.41, 5.74) is 0.564. The van der Waals surface area contributed by atoms with Gasteiger partial charge in [0.2, 0.25) is 0 Å². The fourth-order valence-corrected chi connectivity index (χ4v) is 5.96. The van der Waals surface area contributed by atoms with E-state index in [-0.39, 0.29) is 23.3 Å². The minimum Gasteiger partial charge on any atom is -0.369 e. The molecule has 1 N–H and O–H groups in total. The van der Waals surface area contributed by atoms with E-state index in [0.717, 1.165) is 70.1 Å². The van der Waals surface area contributed by atoms with Crippen molar-refractivity contribution in [2.24, 2.45) is 11.8 Å². The number of piperidine rings is 3. The van der Waals surface area contributed by atoms with Crippen molar-refractivity contribution in [1.82, 2.24) is 15.1 Å². The molecule has 4 fully saturated rings. The van der Waals surface area contributed by atoms with E-state index >= 15 is 0 Å². The van der Waals surface area contributed by atoms with Gasteiger partial charge in [0.25, 0.3) is 5.91 Å². The molecule has 36 heavy (non-hydrogen) atoms. The van der Waals surface area contributed by atoms with Crippen LogP contribution < -0.4 is 10.2 Å². The maximum absolute atomic E-state index is 13.2. The predicted molar refractivity (Wildman–Crippen MR) is 130 cm³/mol. The summed E-state index contributed by atoms with van der Waals surface area (Å²) < 4.78 is 51.5. The first kappa shape index (κ1) is 25.0. The number of hydrogen-bond donors (Lipinski definition) is 1. The van der Waals surface area contributed by atoms with Crippen molar-refractivity contribution in [2.45, 2.75) is 25.1 Å². The summed E-state index contributed by atoms with van der Waals surface area (Å²) in [6, 6.07) is 11.3. The van der Waals surface area contributed by atoms with Crippen LogP contribution in [-0.4, -0.2) is 74.1 Å². The van der Waals surface area contributed by atoms with E-state index in [1.54, 1.807) is 0 Å². The van der Waals surface area contributed by atoms with Crippen LogP contribution in [0.25, 0.3) is 0 Å². The van der Waals surface area contributed by atoms with Crippen LogP contribution in [0.3, 0.4) is 0 Å². The van der Waals surface area contributed by atoms with E-state index in [9.17, 15) is 22.4 Å². The van der Waals surface area contributed by atoms with Crippen LogP contribution in [0.4, 0.5) is 23.2 Å². The highest BCUT2D eigenvalue weighted by Crippen LogP contribution is 2.37. The molecule has 0 saturated carbocycles. The average molecular weight is 505 g/mol. The molecular weight excluding hydrogens is 472 g/mol. The lowest BCUT2D eigenvalue weighted by Crippen LogP contribution is -2.59. The van der Waals surface area contributed by atoms with Crippen molar-refractivity contribution in [1.29, 1.82) is 0 Å². The molecule has 4 aliphatic rings. The molecule has 4 heterocycles. The third-order valence-electron chi connectivity index (χ3n) is 8.04. The second kappa shape index (κ2) is 10.4. The summed E-state index contributed by atoms with van der Waals surface area (Å²) in [7, 11) is 0. The minimum atomic E-state index is -4.41. The maximum atomic E-state index is 13.2. The van der Waals surface area contributed by atoms with Gasteiger partial charge in [0.1, 0.15) is 5.82 Å². The van der Waals surface area contributed by atoms with Gasteiger partial charge in [0, 0.05) is 63.1 Å². The zero-order chi connectivity index (χ0) is 25.3. The van der Waals surface area contributed by atoms with Gasteiger partial charge in [-0.25, -0.2) is 4.39 Å². The number of carbonyl (C=O) groups excluding carboxylic acids is 1. The molecule has 1 unspecified atom stereocenters. The van der Waals surface area contributed by atoms with Gasteiger partial charge < -0.3 is 10.2 Å². The summed E-state index contributed by atoms with van der Waals surface area (Å²) in [5.74, 6) is 0.690. The SMILES string of the molecule is O=C(NC[C@H]1C[C@H]2CCN1C[C@@H]2CN1CCN(c2ccc(F)cc2)CC1)c1ccc(C(F)(F)F)cc1. The van der Waals surface area contributed by atoms with E-state index < -0.39 is 11.7 Å². The van der Waals surface area contributed by atoms with Crippen LogP contribution in [0.15, 0.2) is 48.5 Å². The van der Waals surface area contributed by atoms with Crippen LogP contribution in [0.2, 0.25) is 0 Å². The zero-order valence-corrected chi connectivity index (χ0v) is 20.2. The Morgan fingerprint density at radius 1 is 0.944 bits per heavy atom. The molecule has 194 valence electrons. The van der Waals surface area contributed by atoms with E-state index in [4.69, 9.17) is 0 Å². The van der Waals surface area contributed by atoms with Gasteiger partial charge in [-0.05, 0) is 79.8 Å². The predicted octanol–water partition coefficient (Wildman–Crippen LogP) is 4.11. The van der Waals surface area contributed by atoms with E-state index in [1.807, 2.05) is 12.1 Å². The van der Waals surface area contributed by atoms with Gasteiger partial charge in [-0.3, -0.25) is 14.6 Å². The summed E-state index contributed by atoms with van der Waals surface area (Å²) in [6.45, 7) is 7.49. The monoisotopic (exact) mass is 504 g/mol. The highest BCUT2D eigenvalue weighted by atomic mass is 19.4. The van der Waals surface area contributed by atoms with Gasteiger partial charge in [0.15, 0.2) is 0 Å². The van der Waals surface area contributed by atoms with Crippen LogP contribution in [0.1, 0.15) is 28.8 Å². The average Bonchev–Trinajstić information content (AvgIpc) is 2.88. The number of carbonyl (C=O) groups is 1. The molecule has 4 saturated heterocycles. The van der Waals surface area contributed by atoms with Crippen molar-refractivity contribution < 1.29 is 22.4 Å². The molecule has 4 atom stereocenters. The van der Waals surface area contributed by atoms with Gasteiger partial charge in [-0.2, -0.15) is 13.2 Å². The minimum absolute atomic E-state index is 0.211. The molecule has 5 nitrogen and oxygen atoms in total. The van der Waals surface area contributed by atoms with Gasteiger partial charge in [-0.1, -0.05) is 0 Å². The Labute approximate surface area is 209 Å². The first-order valence-corrected chi connectivity index (χ1v) is 12.7. The second-order valence-corrected chi connectivity index (χ2v) is 10.2. The van der Waals surface area contributed by atoms with Crippen molar-refractivity contribution in [3.05, 3.63) is 65.5 Å². The fourth-order valence-electron chi connectivity index (χ4n) is 5.96. The lowest BCUT2D eigenvalue weighted by Gasteiger charge is -2.51. The maximum Gasteiger partial charge on any atom is 0.416 e. The van der Waals surface area contributed by atoms with E-state index in [2.05, 4.69) is 20.0 Å². The number of nitrogens with zero attached hydrogens (tertiary/aromatic N) is 3. The second-order valence-electron chi connectivity index (χ2n) is 10.2. The Bertz CT molecular complexity index is 1040. The molecule has 2 aromatic carbocycles. The summed E-state index contributed by atoms with van der Waals surface area (Å²) in [5, 5.41) is 2.93. The highest BCUT2D eigenvalue weighted by molar-refractivity contribution is 5.94. The van der Waals surface area contributed by atoms with Crippen LogP contribution in [-0.2, 0) is 6.18 Å². The topological polar surface area (TPSA) is 38.8 Å². The first-order chi connectivity index (χ1) is 17.3. The van der Waals surface area contributed by atoms with Gasteiger partial charge >= 0.3 is 6.18 Å². The largest absolute Gasteiger partial charge is 0.416 e. The number of rotatable bonds is 6. The van der Waals surface area contributed by atoms with Crippen molar-refractivity contribution in [3.8, 4) is 0 Å². The van der Waals surface area contributed by atoms with Gasteiger partial charge in [0.05, 0.1) is 5.56 Å². The Morgan fingerprint density at radius 3 is 2.25 bits per heavy atom. The van der Waals surface area contributed by atoms with Gasteiger partial charge in [-0.15, -0.1) is 0 Å². The quantitative estimate of drug-likeness (QED) is 0.602. The molecular formula is C27H32F4N4O. The number of piperazine rings is 1. The number of anilines is 1. The molecule has 4 aliphatic heterocycles. The molecule has 9 heteroatoms. The number of nitrogens with one attached hydrogen (secondary N) is 1. The summed E-state index contributed by atoms with van der Waals surface area (Å²) >= 11 is 0. The molecule has 2 bridgehead atoms. The number of benzene rings is 2. The molecule has 6 rings (SSSR count). The van der Waals surface area contributed by atoms with Crippen LogP contribution in [0, 0.1) is 17.7 Å². The number of halogens is 4. The Balaban J connectivity index is 1.08. The third kappa shape index (κ3) is 5.67. The molecule has 0 aliphatic carbocycles. The Kier molecular flexibility index (Phi) is 7.21. The number of hydrogen-bond acceptors (Lipinski definition) is 4. The van der Waals surface area contributed by atoms with Crippen LogP contribution in [0.5, 0.6) is 0 Å². The van der Waals surface area contributed by atoms with Crippen LogP contribution >= 0.6 is 0 Å². The molecule has 1 amide bonds. The normalized spacial score (nSPS) is 26.7. The fraction of sp³-hybridized carbons (Fsp3) is 0.519. The molecule has 0 spiro atoms. The van der Waals surface area contributed by atoms with Crippen molar-refractivity contribution >= 4 is 11.6 Å². The molecule has 0 aromatic heterocycles.